The summed E-state index contributed by atoms with van der Waals surface area (Å²) in [5.74, 6) is -1.04. The van der Waals surface area contributed by atoms with Crippen LogP contribution in [-0.4, -0.2) is 18.7 Å². The second-order valence-electron chi connectivity index (χ2n) is 4.03. The quantitative estimate of drug-likeness (QED) is 0.625. The van der Waals surface area contributed by atoms with Crippen LogP contribution in [0.5, 0.6) is 5.75 Å². The number of hydrogen-bond donors (Lipinski definition) is 0. The fraction of sp³-hybridized carbons (Fsp3) is 0.0667. The third-order valence-corrected chi connectivity index (χ3v) is 2.87. The molecule has 0 aliphatic heterocycles. The minimum atomic E-state index is -0.682. The Hall–Kier alpha value is -2.20. The second kappa shape index (κ2) is 6.30. The number of carbonyl (C=O) groups excluding carboxylic acids is 2. The third kappa shape index (κ3) is 3.42. The largest absolute Gasteiger partial charge is 0.482 e. The summed E-state index contributed by atoms with van der Waals surface area (Å²) in [7, 11) is 0. The Labute approximate surface area is 119 Å². The molecule has 0 unspecified atom stereocenters. The Balaban J connectivity index is 2.03. The maximum Gasteiger partial charge on any atom is 0.200 e. The summed E-state index contributed by atoms with van der Waals surface area (Å²) < 4.78 is 18.6. The molecule has 2 aromatic carbocycles. The molecule has 3 nitrogen and oxygen atoms in total. The van der Waals surface area contributed by atoms with E-state index >= 15 is 0 Å². The van der Waals surface area contributed by atoms with E-state index in [9.17, 15) is 14.0 Å². The van der Waals surface area contributed by atoms with Gasteiger partial charge in [0.15, 0.2) is 24.0 Å². The first kappa shape index (κ1) is 14.2. The van der Waals surface area contributed by atoms with Crippen molar-refractivity contribution in [2.75, 3.05) is 6.61 Å². The molecular formula is C15H10ClFO3. The van der Waals surface area contributed by atoms with Crippen molar-refractivity contribution in [2.24, 2.45) is 0 Å². The molecule has 0 saturated carbocycles. The van der Waals surface area contributed by atoms with Crippen LogP contribution < -0.4 is 4.74 Å². The molecule has 5 heteroatoms. The highest BCUT2D eigenvalue weighted by Gasteiger charge is 2.09. The van der Waals surface area contributed by atoms with Crippen LogP contribution in [0.1, 0.15) is 20.7 Å². The monoisotopic (exact) mass is 292 g/mol. The van der Waals surface area contributed by atoms with Gasteiger partial charge in [0.25, 0.3) is 0 Å². The number of halogens is 2. The zero-order valence-electron chi connectivity index (χ0n) is 10.3. The molecule has 0 atom stereocenters. The number of benzene rings is 2. The average molecular weight is 293 g/mol. The van der Waals surface area contributed by atoms with Crippen LogP contribution in [0.3, 0.4) is 0 Å². The molecule has 2 rings (SSSR count). The van der Waals surface area contributed by atoms with Gasteiger partial charge in [-0.15, -0.1) is 0 Å². The number of Topliss-reactive ketones (excluding diaryl/α,β-unsaturated/α-hetero) is 1. The van der Waals surface area contributed by atoms with Crippen molar-refractivity contribution in [1.29, 1.82) is 0 Å². The summed E-state index contributed by atoms with van der Waals surface area (Å²) in [5, 5.41) is 0.526. The van der Waals surface area contributed by atoms with Crippen LogP contribution in [0.15, 0.2) is 42.5 Å². The van der Waals surface area contributed by atoms with Gasteiger partial charge in [0.2, 0.25) is 0 Å². The highest BCUT2D eigenvalue weighted by molar-refractivity contribution is 6.30. The van der Waals surface area contributed by atoms with Crippen molar-refractivity contribution >= 4 is 23.7 Å². The zero-order chi connectivity index (χ0) is 14.5. The maximum absolute atomic E-state index is 13.5. The van der Waals surface area contributed by atoms with Gasteiger partial charge >= 0.3 is 0 Å². The van der Waals surface area contributed by atoms with Gasteiger partial charge in [-0.3, -0.25) is 9.59 Å². The number of ketones is 1. The standard InChI is InChI=1S/C15H10ClFO3/c16-12-4-2-11(3-5-12)14(19)9-20-15-6-1-10(8-18)7-13(15)17/h1-8H,9H2. The Morgan fingerprint density at radius 3 is 2.50 bits per heavy atom. The number of carbonyl (C=O) groups is 2. The summed E-state index contributed by atoms with van der Waals surface area (Å²) in [6.07, 6.45) is 0.533. The van der Waals surface area contributed by atoms with Crippen molar-refractivity contribution in [3.63, 3.8) is 0 Å². The first-order valence-corrected chi connectivity index (χ1v) is 6.14. The number of hydrogen-bond acceptors (Lipinski definition) is 3. The van der Waals surface area contributed by atoms with E-state index in [-0.39, 0.29) is 23.7 Å². The highest BCUT2D eigenvalue weighted by Crippen LogP contribution is 2.18. The molecule has 0 aliphatic carbocycles. The summed E-state index contributed by atoms with van der Waals surface area (Å²) in [5.41, 5.74) is 0.637. The first-order chi connectivity index (χ1) is 9.60. The van der Waals surface area contributed by atoms with E-state index in [2.05, 4.69) is 0 Å². The molecule has 0 heterocycles. The van der Waals surface area contributed by atoms with Crippen LogP contribution in [0, 0.1) is 5.82 Å². The van der Waals surface area contributed by atoms with Crippen molar-refractivity contribution < 1.29 is 18.7 Å². The minimum Gasteiger partial charge on any atom is -0.482 e. The van der Waals surface area contributed by atoms with Gasteiger partial charge in [0.1, 0.15) is 6.29 Å². The van der Waals surface area contributed by atoms with E-state index in [1.165, 1.54) is 12.1 Å². The zero-order valence-corrected chi connectivity index (χ0v) is 11.1. The number of rotatable bonds is 5. The van der Waals surface area contributed by atoms with Crippen molar-refractivity contribution in [3.05, 3.63) is 64.4 Å². The van der Waals surface area contributed by atoms with Crippen molar-refractivity contribution in [2.45, 2.75) is 0 Å². The van der Waals surface area contributed by atoms with Gasteiger partial charge in [-0.2, -0.15) is 0 Å². The van der Waals surface area contributed by atoms with Crippen molar-refractivity contribution in [1.82, 2.24) is 0 Å². The lowest BCUT2D eigenvalue weighted by molar-refractivity contribution is 0.0918. The molecule has 0 N–H and O–H groups in total. The molecule has 0 saturated heterocycles. The lowest BCUT2D eigenvalue weighted by Gasteiger charge is -2.07. The molecule has 0 radical (unpaired) electrons. The normalized spacial score (nSPS) is 10.1. The Kier molecular flexibility index (Phi) is 4.48. The van der Waals surface area contributed by atoms with E-state index in [1.54, 1.807) is 24.3 Å². The van der Waals surface area contributed by atoms with E-state index in [1.807, 2.05) is 0 Å². The van der Waals surface area contributed by atoms with E-state index < -0.39 is 5.82 Å². The Bertz CT molecular complexity index is 638. The number of aldehydes is 1. The Morgan fingerprint density at radius 2 is 1.90 bits per heavy atom. The van der Waals surface area contributed by atoms with Crippen LogP contribution >= 0.6 is 11.6 Å². The molecule has 0 spiro atoms. The molecular weight excluding hydrogens is 283 g/mol. The van der Waals surface area contributed by atoms with Gasteiger partial charge in [0.05, 0.1) is 0 Å². The number of ether oxygens (including phenoxy) is 1. The summed E-state index contributed by atoms with van der Waals surface area (Å²) in [6.45, 7) is -0.293. The predicted octanol–water partition coefficient (Wildman–Crippen LogP) is 3.55. The Morgan fingerprint density at radius 1 is 1.20 bits per heavy atom. The minimum absolute atomic E-state index is 0.0714. The molecule has 2 aromatic rings. The molecule has 0 fully saturated rings. The smallest absolute Gasteiger partial charge is 0.200 e. The second-order valence-corrected chi connectivity index (χ2v) is 4.46. The molecule has 0 aliphatic rings. The van der Waals surface area contributed by atoms with Crippen LogP contribution in [0.4, 0.5) is 4.39 Å². The van der Waals surface area contributed by atoms with E-state index in [0.29, 0.717) is 16.9 Å². The summed E-state index contributed by atoms with van der Waals surface area (Å²) in [6, 6.07) is 10.1. The lowest BCUT2D eigenvalue weighted by Crippen LogP contribution is -2.12. The van der Waals surface area contributed by atoms with Gasteiger partial charge in [-0.05, 0) is 42.5 Å². The van der Waals surface area contributed by atoms with Crippen LogP contribution in [0.25, 0.3) is 0 Å². The van der Waals surface area contributed by atoms with Gasteiger partial charge in [-0.1, -0.05) is 11.6 Å². The van der Waals surface area contributed by atoms with Gasteiger partial charge in [-0.25, -0.2) is 4.39 Å². The molecule has 102 valence electrons. The van der Waals surface area contributed by atoms with Crippen molar-refractivity contribution in [3.8, 4) is 5.75 Å². The molecule has 0 aromatic heterocycles. The fourth-order valence-electron chi connectivity index (χ4n) is 1.57. The molecule has 0 amide bonds. The first-order valence-electron chi connectivity index (χ1n) is 5.76. The summed E-state index contributed by atoms with van der Waals surface area (Å²) >= 11 is 5.72. The van der Waals surface area contributed by atoms with Gasteiger partial charge in [0, 0.05) is 16.1 Å². The SMILES string of the molecule is O=Cc1ccc(OCC(=O)c2ccc(Cl)cc2)c(F)c1. The van der Waals surface area contributed by atoms with Gasteiger partial charge < -0.3 is 4.74 Å². The van der Waals surface area contributed by atoms with E-state index in [4.69, 9.17) is 16.3 Å². The molecule has 20 heavy (non-hydrogen) atoms. The lowest BCUT2D eigenvalue weighted by atomic mass is 10.1. The van der Waals surface area contributed by atoms with Crippen LogP contribution in [0.2, 0.25) is 5.02 Å². The fourth-order valence-corrected chi connectivity index (χ4v) is 1.70. The highest BCUT2D eigenvalue weighted by atomic mass is 35.5. The predicted molar refractivity (Wildman–Crippen MR) is 73.1 cm³/mol. The maximum atomic E-state index is 13.5. The third-order valence-electron chi connectivity index (χ3n) is 2.62. The van der Waals surface area contributed by atoms with Crippen LogP contribution in [-0.2, 0) is 0 Å². The average Bonchev–Trinajstić information content (AvgIpc) is 2.46. The topological polar surface area (TPSA) is 43.4 Å². The molecule has 0 bridgehead atoms. The van der Waals surface area contributed by atoms with E-state index in [0.717, 1.165) is 6.07 Å². The summed E-state index contributed by atoms with van der Waals surface area (Å²) in [4.78, 5) is 22.3.